The summed E-state index contributed by atoms with van der Waals surface area (Å²) in [6.07, 6.45) is 0. The molecule has 0 aliphatic rings. The Morgan fingerprint density at radius 2 is 1.48 bits per heavy atom. The minimum atomic E-state index is -0.374. The van der Waals surface area contributed by atoms with Crippen LogP contribution in [0.15, 0.2) is 12.1 Å². The molecule has 0 unspecified atom stereocenters. The van der Waals surface area contributed by atoms with Crippen molar-refractivity contribution in [2.45, 2.75) is 20.8 Å². The minimum absolute atomic E-state index is 0.0292. The lowest BCUT2D eigenvalue weighted by Crippen LogP contribution is -1.98. The number of carbonyl (C=O) groups excluding carboxylic acids is 2. The van der Waals surface area contributed by atoms with Gasteiger partial charge >= 0.3 is 11.9 Å². The smallest absolute Gasteiger partial charge is 0.303 e. The Bertz CT molecular complexity index is 711. The number of esters is 2. The lowest BCUT2D eigenvalue weighted by Gasteiger charge is -2.07. The molecule has 0 radical (unpaired) electrons. The molecule has 0 saturated heterocycles. The van der Waals surface area contributed by atoms with Crippen molar-refractivity contribution < 1.29 is 23.8 Å². The number of hydrogen-bond donors (Lipinski definition) is 0. The van der Waals surface area contributed by atoms with Crippen LogP contribution in [0.2, 0.25) is 0 Å². The first-order valence-electron chi connectivity index (χ1n) is 6.87. The van der Waals surface area contributed by atoms with E-state index in [2.05, 4.69) is 23.7 Å². The third-order valence-electron chi connectivity index (χ3n) is 2.69. The Balaban J connectivity index is 2.93. The summed E-state index contributed by atoms with van der Waals surface area (Å²) in [6, 6.07) is 3.61. The van der Waals surface area contributed by atoms with Crippen LogP contribution >= 0.6 is 0 Å². The Labute approximate surface area is 135 Å². The maximum absolute atomic E-state index is 10.7. The van der Waals surface area contributed by atoms with Gasteiger partial charge in [0.25, 0.3) is 0 Å². The van der Waals surface area contributed by atoms with E-state index in [4.69, 9.17) is 14.2 Å². The van der Waals surface area contributed by atoms with E-state index in [1.54, 1.807) is 6.07 Å². The van der Waals surface area contributed by atoms with Gasteiger partial charge in [-0.05, 0) is 24.6 Å². The van der Waals surface area contributed by atoms with Gasteiger partial charge in [0, 0.05) is 19.4 Å². The van der Waals surface area contributed by atoms with Crippen molar-refractivity contribution in [3.05, 3.63) is 28.8 Å². The van der Waals surface area contributed by atoms with Gasteiger partial charge in [-0.2, -0.15) is 0 Å². The van der Waals surface area contributed by atoms with Gasteiger partial charge in [-0.3, -0.25) is 9.59 Å². The van der Waals surface area contributed by atoms with E-state index < -0.39 is 0 Å². The molecule has 1 aromatic rings. The molecule has 0 fully saturated rings. The number of benzene rings is 1. The molecule has 0 spiro atoms. The Morgan fingerprint density at radius 3 is 1.96 bits per heavy atom. The van der Waals surface area contributed by atoms with Crippen LogP contribution in [0.1, 0.15) is 30.5 Å². The topological polar surface area (TPSA) is 61.8 Å². The van der Waals surface area contributed by atoms with Crippen LogP contribution < -0.4 is 4.74 Å². The maximum atomic E-state index is 10.7. The molecular weight excluding hydrogens is 296 g/mol. The van der Waals surface area contributed by atoms with Crippen molar-refractivity contribution >= 4 is 11.9 Å². The summed E-state index contributed by atoms with van der Waals surface area (Å²) in [5, 5.41) is 0. The fourth-order valence-electron chi connectivity index (χ4n) is 1.63. The zero-order valence-corrected chi connectivity index (χ0v) is 13.6. The van der Waals surface area contributed by atoms with Gasteiger partial charge in [0.05, 0.1) is 12.7 Å². The van der Waals surface area contributed by atoms with E-state index in [-0.39, 0.29) is 25.2 Å². The fraction of sp³-hybridized carbons (Fsp3) is 0.333. The third-order valence-corrected chi connectivity index (χ3v) is 2.69. The quantitative estimate of drug-likeness (QED) is 0.629. The van der Waals surface area contributed by atoms with Crippen LogP contribution in [-0.4, -0.2) is 32.3 Å². The molecule has 0 amide bonds. The molecule has 1 aromatic carbocycles. The largest absolute Gasteiger partial charge is 0.495 e. The van der Waals surface area contributed by atoms with Crippen LogP contribution in [0.4, 0.5) is 0 Å². The summed E-state index contributed by atoms with van der Waals surface area (Å²) < 4.78 is 14.8. The molecule has 0 N–H and O–H groups in total. The van der Waals surface area contributed by atoms with Crippen molar-refractivity contribution in [2.24, 2.45) is 0 Å². The maximum Gasteiger partial charge on any atom is 0.303 e. The van der Waals surface area contributed by atoms with Crippen molar-refractivity contribution in [1.82, 2.24) is 0 Å². The third kappa shape index (κ3) is 6.58. The zero-order chi connectivity index (χ0) is 17.2. The molecule has 0 atom stereocenters. The van der Waals surface area contributed by atoms with Crippen LogP contribution in [0.3, 0.4) is 0 Å². The van der Waals surface area contributed by atoms with Crippen molar-refractivity contribution in [3.8, 4) is 29.4 Å². The summed E-state index contributed by atoms with van der Waals surface area (Å²) in [4.78, 5) is 21.4. The predicted octanol–water partition coefficient (Wildman–Crippen LogP) is 1.83. The van der Waals surface area contributed by atoms with E-state index in [1.807, 2.05) is 13.0 Å². The molecule has 0 heterocycles. The Kier molecular flexibility index (Phi) is 7.23. The van der Waals surface area contributed by atoms with Gasteiger partial charge < -0.3 is 14.2 Å². The number of ether oxygens (including phenoxy) is 3. The summed E-state index contributed by atoms with van der Waals surface area (Å²) in [5.41, 5.74) is 2.36. The highest BCUT2D eigenvalue weighted by Crippen LogP contribution is 2.22. The van der Waals surface area contributed by atoms with Crippen molar-refractivity contribution in [3.63, 3.8) is 0 Å². The lowest BCUT2D eigenvalue weighted by molar-refractivity contribution is -0.140. The molecule has 23 heavy (non-hydrogen) atoms. The Hall–Kier alpha value is -2.92. The summed E-state index contributed by atoms with van der Waals surface area (Å²) in [6.45, 7) is 4.63. The predicted molar refractivity (Wildman–Crippen MR) is 84.8 cm³/mol. The SMILES string of the molecule is COc1cc(C#CCOC(C)=O)c(C)cc1C#CCOC(C)=O. The molecule has 0 saturated carbocycles. The normalized spacial score (nSPS) is 8.87. The number of aryl methyl sites for hydroxylation is 1. The highest BCUT2D eigenvalue weighted by molar-refractivity contribution is 5.66. The molecule has 0 bridgehead atoms. The van der Waals surface area contributed by atoms with Gasteiger partial charge in [-0.1, -0.05) is 23.7 Å². The average Bonchev–Trinajstić information content (AvgIpc) is 2.49. The van der Waals surface area contributed by atoms with E-state index in [9.17, 15) is 9.59 Å². The van der Waals surface area contributed by atoms with Crippen molar-refractivity contribution in [2.75, 3.05) is 20.3 Å². The number of methoxy groups -OCH3 is 1. The van der Waals surface area contributed by atoms with Crippen LogP contribution in [0, 0.1) is 30.6 Å². The number of rotatable bonds is 3. The van der Waals surface area contributed by atoms with E-state index in [1.165, 1.54) is 21.0 Å². The highest BCUT2D eigenvalue weighted by atomic mass is 16.5. The van der Waals surface area contributed by atoms with E-state index >= 15 is 0 Å². The Morgan fingerprint density at radius 1 is 0.957 bits per heavy atom. The molecule has 0 aliphatic carbocycles. The first kappa shape index (κ1) is 18.1. The molecule has 0 aliphatic heterocycles. The second kappa shape index (κ2) is 9.17. The molecule has 5 heteroatoms. The molecular formula is C18H18O5. The standard InChI is InChI=1S/C18H18O5/c1-13-11-17(8-6-10-23-15(3)20)18(21-4)12-16(13)7-5-9-22-14(2)19/h11-12H,9-10H2,1-4H3. The van der Waals surface area contributed by atoms with Gasteiger partial charge in [-0.15, -0.1) is 0 Å². The van der Waals surface area contributed by atoms with Crippen LogP contribution in [-0.2, 0) is 19.1 Å². The monoisotopic (exact) mass is 314 g/mol. The van der Waals surface area contributed by atoms with Crippen LogP contribution in [0.25, 0.3) is 0 Å². The minimum Gasteiger partial charge on any atom is -0.495 e. The van der Waals surface area contributed by atoms with E-state index in [0.717, 1.165) is 11.1 Å². The number of hydrogen-bond acceptors (Lipinski definition) is 5. The van der Waals surface area contributed by atoms with E-state index in [0.29, 0.717) is 11.3 Å². The summed E-state index contributed by atoms with van der Waals surface area (Å²) in [5.74, 6) is 11.2. The van der Waals surface area contributed by atoms with Gasteiger partial charge in [0.2, 0.25) is 0 Å². The molecule has 1 rings (SSSR count). The van der Waals surface area contributed by atoms with Gasteiger partial charge in [-0.25, -0.2) is 0 Å². The van der Waals surface area contributed by atoms with Crippen LogP contribution in [0.5, 0.6) is 5.75 Å². The van der Waals surface area contributed by atoms with Gasteiger partial charge in [0.1, 0.15) is 5.75 Å². The molecule has 120 valence electrons. The van der Waals surface area contributed by atoms with Gasteiger partial charge in [0.15, 0.2) is 13.2 Å². The molecule has 0 aromatic heterocycles. The fourth-order valence-corrected chi connectivity index (χ4v) is 1.63. The molecule has 5 nitrogen and oxygen atoms in total. The summed E-state index contributed by atoms with van der Waals surface area (Å²) in [7, 11) is 1.54. The highest BCUT2D eigenvalue weighted by Gasteiger charge is 2.05. The number of carbonyl (C=O) groups is 2. The first-order chi connectivity index (χ1) is 10.9. The summed E-state index contributed by atoms with van der Waals surface area (Å²) >= 11 is 0. The first-order valence-corrected chi connectivity index (χ1v) is 6.87. The second-order valence-electron chi connectivity index (χ2n) is 4.53. The second-order valence-corrected chi connectivity index (χ2v) is 4.53. The average molecular weight is 314 g/mol. The lowest BCUT2D eigenvalue weighted by atomic mass is 10.0. The van der Waals surface area contributed by atoms with Crippen molar-refractivity contribution in [1.29, 1.82) is 0 Å². The zero-order valence-electron chi connectivity index (χ0n) is 13.6.